The van der Waals surface area contributed by atoms with E-state index in [2.05, 4.69) is 20.6 Å². The second-order valence-electron chi connectivity index (χ2n) is 4.85. The molecule has 0 bridgehead atoms. The lowest BCUT2D eigenvalue weighted by Crippen LogP contribution is -2.54. The van der Waals surface area contributed by atoms with Gasteiger partial charge in [0, 0.05) is 31.1 Å². The third-order valence-electron chi connectivity index (χ3n) is 3.22. The van der Waals surface area contributed by atoms with Crippen molar-refractivity contribution in [2.24, 2.45) is 0 Å². The number of aromatic nitrogens is 1. The number of likely N-dealkylation sites (N-methyl/N-ethyl adjacent to an activating group) is 1. The fraction of sp³-hybridized carbons (Fsp3) is 0.583. The van der Waals surface area contributed by atoms with Crippen molar-refractivity contribution in [3.8, 4) is 0 Å². The summed E-state index contributed by atoms with van der Waals surface area (Å²) < 4.78 is 0. The van der Waals surface area contributed by atoms with E-state index in [9.17, 15) is 9.59 Å². The van der Waals surface area contributed by atoms with Crippen LogP contribution in [0, 0.1) is 13.8 Å². The molecule has 2 rings (SSSR count). The van der Waals surface area contributed by atoms with Crippen molar-refractivity contribution < 1.29 is 9.59 Å². The minimum atomic E-state index is -0.683. The Morgan fingerprint density at radius 3 is 2.35 bits per heavy atom. The highest BCUT2D eigenvalue weighted by atomic mass is 32.1. The number of thiazole rings is 1. The van der Waals surface area contributed by atoms with Crippen LogP contribution in [0.25, 0.3) is 0 Å². The van der Waals surface area contributed by atoms with Gasteiger partial charge in [-0.1, -0.05) is 0 Å². The van der Waals surface area contributed by atoms with Gasteiger partial charge < -0.3 is 4.90 Å². The molecular formula is C12H19N5O2S. The monoisotopic (exact) mass is 297 g/mol. The molecule has 0 unspecified atom stereocenters. The van der Waals surface area contributed by atoms with Crippen molar-refractivity contribution in [3.63, 3.8) is 0 Å². The molecule has 0 spiro atoms. The molecule has 7 nitrogen and oxygen atoms in total. The fourth-order valence-electron chi connectivity index (χ4n) is 1.79. The van der Waals surface area contributed by atoms with Crippen LogP contribution in [0.1, 0.15) is 10.6 Å². The number of rotatable bonds is 2. The van der Waals surface area contributed by atoms with Crippen molar-refractivity contribution in [2.75, 3.05) is 38.5 Å². The zero-order valence-corrected chi connectivity index (χ0v) is 12.7. The minimum absolute atomic E-state index is 0.457. The lowest BCUT2D eigenvalue weighted by molar-refractivity contribution is -0.139. The van der Waals surface area contributed by atoms with E-state index in [-0.39, 0.29) is 0 Å². The Kier molecular flexibility index (Phi) is 4.69. The first-order valence-corrected chi connectivity index (χ1v) is 7.27. The minimum Gasteiger partial charge on any atom is -0.304 e. The van der Waals surface area contributed by atoms with E-state index in [4.69, 9.17) is 0 Å². The number of hydrogen-bond acceptors (Lipinski definition) is 6. The maximum Gasteiger partial charge on any atom is 0.324 e. The van der Waals surface area contributed by atoms with Gasteiger partial charge in [0.25, 0.3) is 0 Å². The average Bonchev–Trinajstić information content (AvgIpc) is 2.71. The highest BCUT2D eigenvalue weighted by molar-refractivity contribution is 7.15. The largest absolute Gasteiger partial charge is 0.324 e. The first kappa shape index (κ1) is 14.9. The van der Waals surface area contributed by atoms with Crippen LogP contribution < -0.4 is 10.7 Å². The van der Waals surface area contributed by atoms with Crippen LogP contribution in [-0.2, 0) is 9.59 Å². The van der Waals surface area contributed by atoms with Gasteiger partial charge >= 0.3 is 11.8 Å². The van der Waals surface area contributed by atoms with Gasteiger partial charge in [0.15, 0.2) is 5.13 Å². The van der Waals surface area contributed by atoms with Crippen LogP contribution in [0.5, 0.6) is 0 Å². The van der Waals surface area contributed by atoms with Crippen LogP contribution >= 0.6 is 11.3 Å². The summed E-state index contributed by atoms with van der Waals surface area (Å²) in [5, 5.41) is 4.74. The molecule has 2 amide bonds. The lowest BCUT2D eigenvalue weighted by atomic mass is 10.4. The zero-order valence-electron chi connectivity index (χ0n) is 11.9. The third-order valence-corrected chi connectivity index (χ3v) is 4.21. The molecule has 0 aliphatic carbocycles. The van der Waals surface area contributed by atoms with E-state index in [1.54, 1.807) is 5.01 Å². The molecule has 1 aromatic heterocycles. The predicted molar refractivity (Wildman–Crippen MR) is 77.4 cm³/mol. The quantitative estimate of drug-likeness (QED) is 0.750. The van der Waals surface area contributed by atoms with Crippen LogP contribution in [0.4, 0.5) is 5.13 Å². The molecule has 0 atom stereocenters. The van der Waals surface area contributed by atoms with Gasteiger partial charge in [0.2, 0.25) is 0 Å². The maximum atomic E-state index is 11.8. The first-order chi connectivity index (χ1) is 9.45. The average molecular weight is 297 g/mol. The highest BCUT2D eigenvalue weighted by Crippen LogP contribution is 2.20. The second-order valence-corrected chi connectivity index (χ2v) is 6.05. The van der Waals surface area contributed by atoms with Gasteiger partial charge in [0.05, 0.1) is 5.69 Å². The number of aryl methyl sites for hydroxylation is 2. The first-order valence-electron chi connectivity index (χ1n) is 6.45. The van der Waals surface area contributed by atoms with E-state index in [1.165, 1.54) is 11.3 Å². The summed E-state index contributed by atoms with van der Waals surface area (Å²) in [6, 6.07) is 0. The lowest BCUT2D eigenvalue weighted by Gasteiger charge is -2.31. The molecule has 8 heteroatoms. The molecule has 20 heavy (non-hydrogen) atoms. The molecule has 2 heterocycles. The van der Waals surface area contributed by atoms with Crippen molar-refractivity contribution in [1.82, 2.24) is 20.3 Å². The van der Waals surface area contributed by atoms with E-state index >= 15 is 0 Å². The standard InChI is InChI=1S/C12H19N5O2S/c1-8-9(2)20-12(13-8)14-10(18)11(19)15-17-6-4-16(3)5-7-17/h4-7H2,1-3H3,(H,15,19)(H,13,14,18). The summed E-state index contributed by atoms with van der Waals surface area (Å²) in [6.45, 7) is 6.95. The highest BCUT2D eigenvalue weighted by Gasteiger charge is 2.21. The van der Waals surface area contributed by atoms with E-state index in [1.807, 2.05) is 20.9 Å². The van der Waals surface area contributed by atoms with Crippen molar-refractivity contribution in [1.29, 1.82) is 0 Å². The summed E-state index contributed by atoms with van der Waals surface area (Å²) >= 11 is 1.36. The molecule has 1 aliphatic rings. The Balaban J connectivity index is 1.84. The Labute approximate surface area is 121 Å². The van der Waals surface area contributed by atoms with Crippen molar-refractivity contribution in [3.05, 3.63) is 10.6 Å². The number of hydrazine groups is 1. The molecule has 1 fully saturated rings. The number of amides is 2. The second kappa shape index (κ2) is 6.29. The van der Waals surface area contributed by atoms with Crippen molar-refractivity contribution >= 4 is 28.3 Å². The van der Waals surface area contributed by atoms with Crippen molar-refractivity contribution in [2.45, 2.75) is 13.8 Å². The molecular weight excluding hydrogens is 278 g/mol. The van der Waals surface area contributed by atoms with Gasteiger partial charge in [-0.3, -0.25) is 20.3 Å². The molecule has 0 radical (unpaired) electrons. The van der Waals surface area contributed by atoms with Gasteiger partial charge in [-0.25, -0.2) is 9.99 Å². The van der Waals surface area contributed by atoms with Gasteiger partial charge in [0.1, 0.15) is 0 Å². The van der Waals surface area contributed by atoms with Gasteiger partial charge in [-0.2, -0.15) is 0 Å². The number of anilines is 1. The number of nitrogens with zero attached hydrogens (tertiary/aromatic N) is 3. The number of nitrogens with one attached hydrogen (secondary N) is 2. The molecule has 1 aromatic rings. The van der Waals surface area contributed by atoms with Gasteiger partial charge in [-0.15, -0.1) is 11.3 Å². The summed E-state index contributed by atoms with van der Waals surface area (Å²) in [5.41, 5.74) is 3.48. The predicted octanol–water partition coefficient (Wildman–Crippen LogP) is -0.0230. The fourth-order valence-corrected chi connectivity index (χ4v) is 2.60. The molecule has 1 aliphatic heterocycles. The Hall–Kier alpha value is -1.51. The van der Waals surface area contributed by atoms with E-state index in [0.717, 1.165) is 23.7 Å². The number of carbonyl (C=O) groups excluding carboxylic acids is 2. The summed E-state index contributed by atoms with van der Waals surface area (Å²) in [4.78, 5) is 30.9. The van der Waals surface area contributed by atoms with Crippen LogP contribution in [-0.4, -0.2) is 59.9 Å². The SMILES string of the molecule is Cc1nc(NC(=O)C(=O)NN2CCN(C)CC2)sc1C. The molecule has 2 N–H and O–H groups in total. The normalized spacial score (nSPS) is 16.9. The van der Waals surface area contributed by atoms with Crippen LogP contribution in [0.2, 0.25) is 0 Å². The smallest absolute Gasteiger partial charge is 0.304 e. The van der Waals surface area contributed by atoms with Crippen LogP contribution in [0.15, 0.2) is 0 Å². The van der Waals surface area contributed by atoms with Gasteiger partial charge in [-0.05, 0) is 20.9 Å². The number of carbonyl (C=O) groups is 2. The molecule has 0 saturated carbocycles. The Morgan fingerprint density at radius 1 is 1.15 bits per heavy atom. The third kappa shape index (κ3) is 3.75. The molecule has 0 aromatic carbocycles. The molecule has 1 saturated heterocycles. The zero-order chi connectivity index (χ0) is 14.7. The Morgan fingerprint density at radius 2 is 1.80 bits per heavy atom. The van der Waals surface area contributed by atoms with E-state index in [0.29, 0.717) is 18.2 Å². The number of hydrogen-bond donors (Lipinski definition) is 2. The summed E-state index contributed by atoms with van der Waals surface area (Å²) in [6.07, 6.45) is 0. The van der Waals surface area contributed by atoms with E-state index < -0.39 is 11.8 Å². The summed E-state index contributed by atoms with van der Waals surface area (Å²) in [7, 11) is 2.03. The topological polar surface area (TPSA) is 77.6 Å². The molecule has 110 valence electrons. The summed E-state index contributed by atoms with van der Waals surface area (Å²) in [5.74, 6) is -1.34. The Bertz CT molecular complexity index is 488. The number of piperazine rings is 1. The van der Waals surface area contributed by atoms with Crippen LogP contribution in [0.3, 0.4) is 0 Å². The maximum absolute atomic E-state index is 11.8.